The lowest BCUT2D eigenvalue weighted by molar-refractivity contribution is 0.0701. The molecule has 1 heterocycles. The average Bonchev–Trinajstić information content (AvgIpc) is 3.06. The standard InChI is InChI=1S/C19H16ClNO3S/c1-2-16-17(19(22)23)25-18(21-16)13-4-3-5-15(10-13)24-11-12-6-8-14(20)9-7-12/h3-10H,2,11H2,1H3,(H,22,23). The fraction of sp³-hybridized carbons (Fsp3) is 0.158. The predicted octanol–water partition coefficient (Wildman–Crippen LogP) is 5.30. The van der Waals surface area contributed by atoms with Crippen LogP contribution in [0.1, 0.15) is 27.9 Å². The van der Waals surface area contributed by atoms with Crippen molar-refractivity contribution in [3.8, 4) is 16.3 Å². The second kappa shape index (κ2) is 7.68. The molecule has 25 heavy (non-hydrogen) atoms. The number of aryl methyl sites for hydroxylation is 1. The fourth-order valence-corrected chi connectivity index (χ4v) is 3.46. The highest BCUT2D eigenvalue weighted by Gasteiger charge is 2.17. The van der Waals surface area contributed by atoms with Crippen molar-refractivity contribution >= 4 is 28.9 Å². The van der Waals surface area contributed by atoms with Crippen molar-refractivity contribution in [3.05, 3.63) is 69.7 Å². The zero-order valence-electron chi connectivity index (χ0n) is 13.5. The molecule has 0 aliphatic heterocycles. The summed E-state index contributed by atoms with van der Waals surface area (Å²) in [5, 5.41) is 10.7. The number of halogens is 1. The first-order valence-corrected chi connectivity index (χ1v) is 8.97. The summed E-state index contributed by atoms with van der Waals surface area (Å²) in [6.45, 7) is 2.33. The largest absolute Gasteiger partial charge is 0.489 e. The van der Waals surface area contributed by atoms with Crippen LogP contribution in [-0.4, -0.2) is 16.1 Å². The number of nitrogens with zero attached hydrogens (tertiary/aromatic N) is 1. The minimum absolute atomic E-state index is 0.296. The van der Waals surface area contributed by atoms with Gasteiger partial charge in [-0.2, -0.15) is 0 Å². The molecule has 0 aliphatic rings. The second-order valence-corrected chi connectivity index (χ2v) is 6.83. The molecule has 0 unspecified atom stereocenters. The summed E-state index contributed by atoms with van der Waals surface area (Å²) in [5.74, 6) is -0.228. The monoisotopic (exact) mass is 373 g/mol. The first kappa shape index (κ1) is 17.5. The SMILES string of the molecule is CCc1nc(-c2cccc(OCc3ccc(Cl)cc3)c2)sc1C(=O)O. The number of carbonyl (C=O) groups is 1. The van der Waals surface area contributed by atoms with Crippen LogP contribution in [0, 0.1) is 0 Å². The van der Waals surface area contributed by atoms with Gasteiger partial charge in [0.2, 0.25) is 0 Å². The molecule has 0 saturated heterocycles. The molecule has 0 saturated carbocycles. The van der Waals surface area contributed by atoms with Crippen LogP contribution >= 0.6 is 22.9 Å². The molecule has 4 nitrogen and oxygen atoms in total. The van der Waals surface area contributed by atoms with E-state index in [-0.39, 0.29) is 0 Å². The highest BCUT2D eigenvalue weighted by molar-refractivity contribution is 7.17. The smallest absolute Gasteiger partial charge is 0.347 e. The van der Waals surface area contributed by atoms with Crippen LogP contribution in [0.15, 0.2) is 48.5 Å². The Morgan fingerprint density at radius 1 is 1.24 bits per heavy atom. The van der Waals surface area contributed by atoms with Crippen LogP contribution in [0.3, 0.4) is 0 Å². The first-order valence-electron chi connectivity index (χ1n) is 7.77. The van der Waals surface area contributed by atoms with E-state index in [4.69, 9.17) is 16.3 Å². The highest BCUT2D eigenvalue weighted by Crippen LogP contribution is 2.31. The van der Waals surface area contributed by atoms with Crippen molar-refractivity contribution in [1.82, 2.24) is 4.98 Å². The van der Waals surface area contributed by atoms with E-state index in [0.29, 0.717) is 39.4 Å². The second-order valence-electron chi connectivity index (χ2n) is 5.40. The van der Waals surface area contributed by atoms with E-state index in [1.807, 2.05) is 55.5 Å². The summed E-state index contributed by atoms with van der Waals surface area (Å²) in [6, 6.07) is 15.0. The summed E-state index contributed by atoms with van der Waals surface area (Å²) in [7, 11) is 0. The topological polar surface area (TPSA) is 59.4 Å². The number of carboxylic acid groups (broad SMARTS) is 1. The predicted molar refractivity (Wildman–Crippen MR) is 99.7 cm³/mol. The normalized spacial score (nSPS) is 10.6. The molecule has 3 aromatic rings. The summed E-state index contributed by atoms with van der Waals surface area (Å²) >= 11 is 7.07. The number of aromatic carboxylic acids is 1. The van der Waals surface area contributed by atoms with Gasteiger partial charge in [-0.1, -0.05) is 42.8 Å². The van der Waals surface area contributed by atoms with E-state index in [9.17, 15) is 9.90 Å². The van der Waals surface area contributed by atoms with Gasteiger partial charge in [-0.15, -0.1) is 11.3 Å². The van der Waals surface area contributed by atoms with Crippen LogP contribution in [0.2, 0.25) is 5.02 Å². The Bertz CT molecular complexity index is 890. The number of aromatic nitrogens is 1. The molecule has 3 rings (SSSR count). The Labute approximate surface area is 154 Å². The number of ether oxygens (including phenoxy) is 1. The first-order chi connectivity index (χ1) is 12.1. The van der Waals surface area contributed by atoms with Gasteiger partial charge in [0.1, 0.15) is 22.2 Å². The molecule has 0 radical (unpaired) electrons. The van der Waals surface area contributed by atoms with Crippen LogP contribution in [0.4, 0.5) is 0 Å². The third-order valence-corrected chi connectivity index (χ3v) is 5.01. The van der Waals surface area contributed by atoms with E-state index >= 15 is 0 Å². The van der Waals surface area contributed by atoms with Crippen molar-refractivity contribution in [1.29, 1.82) is 0 Å². The molecule has 0 aliphatic carbocycles. The molecule has 0 atom stereocenters. The summed E-state index contributed by atoms with van der Waals surface area (Å²) in [5.41, 5.74) is 2.48. The van der Waals surface area contributed by atoms with Gasteiger partial charge < -0.3 is 9.84 Å². The van der Waals surface area contributed by atoms with Gasteiger partial charge in [-0.3, -0.25) is 0 Å². The summed E-state index contributed by atoms with van der Waals surface area (Å²) < 4.78 is 5.82. The van der Waals surface area contributed by atoms with Gasteiger partial charge in [-0.05, 0) is 36.2 Å². The Morgan fingerprint density at radius 2 is 2.00 bits per heavy atom. The van der Waals surface area contributed by atoms with Crippen molar-refractivity contribution in [2.24, 2.45) is 0 Å². The number of hydrogen-bond donors (Lipinski definition) is 1. The average molecular weight is 374 g/mol. The molecule has 1 N–H and O–H groups in total. The lowest BCUT2D eigenvalue weighted by atomic mass is 10.2. The van der Waals surface area contributed by atoms with Crippen molar-refractivity contribution in [2.75, 3.05) is 0 Å². The van der Waals surface area contributed by atoms with E-state index in [1.54, 1.807) is 0 Å². The molecule has 128 valence electrons. The number of benzene rings is 2. The van der Waals surface area contributed by atoms with Gasteiger partial charge in [-0.25, -0.2) is 9.78 Å². The molecular formula is C19H16ClNO3S. The van der Waals surface area contributed by atoms with E-state index in [1.165, 1.54) is 11.3 Å². The number of carboxylic acids is 1. The molecule has 6 heteroatoms. The van der Waals surface area contributed by atoms with Gasteiger partial charge in [0, 0.05) is 10.6 Å². The molecule has 0 bridgehead atoms. The molecule has 1 aromatic heterocycles. The third-order valence-electron chi connectivity index (χ3n) is 3.63. The summed E-state index contributed by atoms with van der Waals surface area (Å²) in [4.78, 5) is 16.1. The van der Waals surface area contributed by atoms with Gasteiger partial charge in [0.15, 0.2) is 0 Å². The highest BCUT2D eigenvalue weighted by atomic mass is 35.5. The molecule has 2 aromatic carbocycles. The lowest BCUT2D eigenvalue weighted by Crippen LogP contribution is -1.97. The van der Waals surface area contributed by atoms with Crippen LogP contribution in [-0.2, 0) is 13.0 Å². The molecule has 0 amide bonds. The van der Waals surface area contributed by atoms with Gasteiger partial charge >= 0.3 is 5.97 Å². The van der Waals surface area contributed by atoms with Crippen LogP contribution in [0.5, 0.6) is 5.75 Å². The van der Waals surface area contributed by atoms with E-state index in [0.717, 1.165) is 11.1 Å². The Kier molecular flexibility index (Phi) is 5.36. The van der Waals surface area contributed by atoms with Crippen molar-refractivity contribution in [3.63, 3.8) is 0 Å². The Morgan fingerprint density at radius 3 is 2.64 bits per heavy atom. The van der Waals surface area contributed by atoms with Crippen LogP contribution < -0.4 is 4.74 Å². The lowest BCUT2D eigenvalue weighted by Gasteiger charge is -2.07. The van der Waals surface area contributed by atoms with E-state index < -0.39 is 5.97 Å². The number of hydrogen-bond acceptors (Lipinski definition) is 4. The Balaban J connectivity index is 1.79. The fourth-order valence-electron chi connectivity index (χ4n) is 2.35. The van der Waals surface area contributed by atoms with Gasteiger partial charge in [0.25, 0.3) is 0 Å². The molecule has 0 spiro atoms. The minimum atomic E-state index is -0.934. The molecule has 0 fully saturated rings. The maximum Gasteiger partial charge on any atom is 0.347 e. The Hall–Kier alpha value is -2.37. The van der Waals surface area contributed by atoms with Gasteiger partial charge in [0.05, 0.1) is 5.69 Å². The maximum absolute atomic E-state index is 11.3. The molecular weight excluding hydrogens is 358 g/mol. The summed E-state index contributed by atoms with van der Waals surface area (Å²) in [6.07, 6.45) is 0.588. The third kappa shape index (κ3) is 4.18. The van der Waals surface area contributed by atoms with Crippen molar-refractivity contribution in [2.45, 2.75) is 20.0 Å². The zero-order chi connectivity index (χ0) is 17.8. The van der Waals surface area contributed by atoms with Crippen molar-refractivity contribution < 1.29 is 14.6 Å². The van der Waals surface area contributed by atoms with Crippen LogP contribution in [0.25, 0.3) is 10.6 Å². The van der Waals surface area contributed by atoms with E-state index in [2.05, 4.69) is 4.98 Å². The minimum Gasteiger partial charge on any atom is -0.489 e. The maximum atomic E-state index is 11.3. The number of thiazole rings is 1. The quantitative estimate of drug-likeness (QED) is 0.636. The zero-order valence-corrected chi connectivity index (χ0v) is 15.1. The number of rotatable bonds is 6.